The van der Waals surface area contributed by atoms with Crippen molar-refractivity contribution in [2.75, 3.05) is 37.7 Å². The molecule has 2 heterocycles. The van der Waals surface area contributed by atoms with Gasteiger partial charge in [-0.15, -0.1) is 12.4 Å². The Labute approximate surface area is 95.4 Å². The van der Waals surface area contributed by atoms with Crippen molar-refractivity contribution < 1.29 is 4.79 Å². The van der Waals surface area contributed by atoms with Crippen LogP contribution in [0.5, 0.6) is 0 Å². The Bertz CT molecular complexity index is 191. The fourth-order valence-electron chi connectivity index (χ4n) is 1.91. The third-order valence-electron chi connectivity index (χ3n) is 2.73. The molecule has 0 radical (unpaired) electrons. The van der Waals surface area contributed by atoms with Gasteiger partial charge in [0.1, 0.15) is 0 Å². The van der Waals surface area contributed by atoms with Crippen LogP contribution in [0.3, 0.4) is 0 Å². The highest BCUT2D eigenvalue weighted by Gasteiger charge is 2.27. The molecule has 0 aliphatic carbocycles. The monoisotopic (exact) mass is 236 g/mol. The zero-order chi connectivity index (χ0) is 9.10. The van der Waals surface area contributed by atoms with E-state index >= 15 is 0 Å². The molecule has 2 aliphatic rings. The highest BCUT2D eigenvalue weighted by molar-refractivity contribution is 7.99. The van der Waals surface area contributed by atoms with Gasteiger partial charge in [0.2, 0.25) is 5.91 Å². The summed E-state index contributed by atoms with van der Waals surface area (Å²) in [6.45, 7) is 3.82. The van der Waals surface area contributed by atoms with E-state index in [4.69, 9.17) is 0 Å². The summed E-state index contributed by atoms with van der Waals surface area (Å²) in [5.74, 6) is 2.88. The number of hydrogen-bond acceptors (Lipinski definition) is 3. The van der Waals surface area contributed by atoms with Crippen LogP contribution >= 0.6 is 24.2 Å². The fourth-order valence-corrected chi connectivity index (χ4v) is 2.81. The molecule has 5 heteroatoms. The summed E-state index contributed by atoms with van der Waals surface area (Å²) in [6.07, 6.45) is 1.03. The molecular weight excluding hydrogens is 220 g/mol. The highest BCUT2D eigenvalue weighted by Crippen LogP contribution is 2.15. The predicted octanol–water partition coefficient (Wildman–Crippen LogP) is 0.593. The summed E-state index contributed by atoms with van der Waals surface area (Å²) in [5.41, 5.74) is 0. The Morgan fingerprint density at radius 1 is 1.36 bits per heavy atom. The quantitative estimate of drug-likeness (QED) is 0.724. The van der Waals surface area contributed by atoms with Gasteiger partial charge >= 0.3 is 0 Å². The highest BCUT2D eigenvalue weighted by atomic mass is 35.5. The van der Waals surface area contributed by atoms with Gasteiger partial charge in [-0.25, -0.2) is 0 Å². The van der Waals surface area contributed by atoms with Crippen LogP contribution in [0.4, 0.5) is 0 Å². The second-order valence-corrected chi connectivity index (χ2v) is 4.85. The zero-order valence-corrected chi connectivity index (χ0v) is 9.83. The lowest BCUT2D eigenvalue weighted by atomic mass is 10.1. The first-order valence-electron chi connectivity index (χ1n) is 4.95. The number of nitrogens with one attached hydrogen (secondary N) is 1. The molecule has 1 atom stereocenters. The van der Waals surface area contributed by atoms with Crippen molar-refractivity contribution >= 4 is 30.1 Å². The number of amides is 1. The summed E-state index contributed by atoms with van der Waals surface area (Å²) >= 11 is 1.95. The number of halogens is 1. The van der Waals surface area contributed by atoms with Gasteiger partial charge in [0.05, 0.1) is 5.92 Å². The molecule has 0 bridgehead atoms. The normalized spacial score (nSPS) is 27.1. The minimum atomic E-state index is 0. The summed E-state index contributed by atoms with van der Waals surface area (Å²) in [4.78, 5) is 13.9. The first-order valence-corrected chi connectivity index (χ1v) is 6.10. The van der Waals surface area contributed by atoms with Crippen LogP contribution in [0.1, 0.15) is 6.42 Å². The molecule has 0 aromatic rings. The van der Waals surface area contributed by atoms with Gasteiger partial charge in [-0.05, 0) is 13.0 Å². The molecule has 2 saturated heterocycles. The lowest BCUT2D eigenvalue weighted by Gasteiger charge is -2.28. The Hall–Kier alpha value is 0.0700. The van der Waals surface area contributed by atoms with Crippen LogP contribution in [0, 0.1) is 5.92 Å². The van der Waals surface area contributed by atoms with Crippen LogP contribution in [-0.2, 0) is 4.79 Å². The van der Waals surface area contributed by atoms with Crippen molar-refractivity contribution in [3.8, 4) is 0 Å². The van der Waals surface area contributed by atoms with Gasteiger partial charge < -0.3 is 10.2 Å². The second kappa shape index (κ2) is 5.83. The average Bonchev–Trinajstić information content (AvgIpc) is 2.71. The lowest BCUT2D eigenvalue weighted by molar-refractivity contribution is -0.134. The molecule has 0 spiro atoms. The second-order valence-electron chi connectivity index (χ2n) is 3.63. The maximum absolute atomic E-state index is 11.9. The largest absolute Gasteiger partial charge is 0.341 e. The van der Waals surface area contributed by atoms with E-state index in [9.17, 15) is 4.79 Å². The number of nitrogens with zero attached hydrogens (tertiary/aromatic N) is 1. The first-order chi connectivity index (χ1) is 6.38. The summed E-state index contributed by atoms with van der Waals surface area (Å²) < 4.78 is 0. The Morgan fingerprint density at radius 2 is 2.07 bits per heavy atom. The van der Waals surface area contributed by atoms with Crippen molar-refractivity contribution in [2.45, 2.75) is 6.42 Å². The van der Waals surface area contributed by atoms with Crippen LogP contribution in [0.15, 0.2) is 0 Å². The van der Waals surface area contributed by atoms with Gasteiger partial charge in [0, 0.05) is 31.1 Å². The van der Waals surface area contributed by atoms with Crippen molar-refractivity contribution in [1.29, 1.82) is 0 Å². The van der Waals surface area contributed by atoms with E-state index in [2.05, 4.69) is 5.32 Å². The van der Waals surface area contributed by atoms with E-state index < -0.39 is 0 Å². The molecule has 0 saturated carbocycles. The molecule has 3 nitrogen and oxygen atoms in total. The van der Waals surface area contributed by atoms with Crippen LogP contribution in [0.25, 0.3) is 0 Å². The number of thioether (sulfide) groups is 1. The molecule has 0 unspecified atom stereocenters. The van der Waals surface area contributed by atoms with E-state index in [1.54, 1.807) is 0 Å². The maximum Gasteiger partial charge on any atom is 0.227 e. The summed E-state index contributed by atoms with van der Waals surface area (Å²) in [6, 6.07) is 0. The molecule has 0 aromatic carbocycles. The maximum atomic E-state index is 11.9. The topological polar surface area (TPSA) is 32.3 Å². The fraction of sp³-hybridized carbons (Fsp3) is 0.889. The molecule has 1 amide bonds. The van der Waals surface area contributed by atoms with Gasteiger partial charge in [-0.2, -0.15) is 11.8 Å². The van der Waals surface area contributed by atoms with Gasteiger partial charge in [-0.1, -0.05) is 0 Å². The molecule has 2 aliphatic heterocycles. The third kappa shape index (κ3) is 2.78. The van der Waals surface area contributed by atoms with E-state index in [-0.39, 0.29) is 18.3 Å². The Balaban J connectivity index is 0.000000980. The van der Waals surface area contributed by atoms with Crippen molar-refractivity contribution in [3.63, 3.8) is 0 Å². The standard InChI is InChI=1S/C9H16N2OS.ClH/c12-9(8-1-2-10-7-8)11-3-5-13-6-4-11;/h8,10H,1-7H2;1H/t8-;/m0./s1. The smallest absolute Gasteiger partial charge is 0.227 e. The summed E-state index contributed by atoms with van der Waals surface area (Å²) in [7, 11) is 0. The third-order valence-corrected chi connectivity index (χ3v) is 3.67. The number of hydrogen-bond donors (Lipinski definition) is 1. The first kappa shape index (κ1) is 12.1. The van der Waals surface area contributed by atoms with Crippen molar-refractivity contribution in [2.24, 2.45) is 5.92 Å². The molecule has 1 N–H and O–H groups in total. The van der Waals surface area contributed by atoms with Crippen molar-refractivity contribution in [3.05, 3.63) is 0 Å². The minimum absolute atomic E-state index is 0. The van der Waals surface area contributed by atoms with E-state index in [1.807, 2.05) is 16.7 Å². The lowest BCUT2D eigenvalue weighted by Crippen LogP contribution is -2.42. The molecule has 14 heavy (non-hydrogen) atoms. The van der Waals surface area contributed by atoms with Crippen LogP contribution in [0.2, 0.25) is 0 Å². The van der Waals surface area contributed by atoms with Crippen molar-refractivity contribution in [1.82, 2.24) is 10.2 Å². The number of carbonyl (C=O) groups is 1. The molecule has 2 fully saturated rings. The zero-order valence-electron chi connectivity index (χ0n) is 8.20. The van der Waals surface area contributed by atoms with Gasteiger partial charge in [0.25, 0.3) is 0 Å². The van der Waals surface area contributed by atoms with E-state index in [0.29, 0.717) is 5.91 Å². The molecule has 82 valence electrons. The molecule has 0 aromatic heterocycles. The van der Waals surface area contributed by atoms with Gasteiger partial charge in [-0.3, -0.25) is 4.79 Å². The minimum Gasteiger partial charge on any atom is -0.341 e. The average molecular weight is 237 g/mol. The predicted molar refractivity (Wildman–Crippen MR) is 62.1 cm³/mol. The van der Waals surface area contributed by atoms with Gasteiger partial charge in [0.15, 0.2) is 0 Å². The number of carbonyl (C=O) groups excluding carboxylic acids is 1. The van der Waals surface area contributed by atoms with Crippen LogP contribution < -0.4 is 5.32 Å². The molecular formula is C9H17ClN2OS. The summed E-state index contributed by atoms with van der Waals surface area (Å²) in [5, 5.41) is 3.24. The Morgan fingerprint density at radius 3 is 2.64 bits per heavy atom. The SMILES string of the molecule is Cl.O=C([C@H]1CCNC1)N1CCSCC1. The Kier molecular flexibility index (Phi) is 5.06. The molecule has 2 rings (SSSR count). The van der Waals surface area contributed by atoms with Crippen LogP contribution in [-0.4, -0.2) is 48.5 Å². The number of rotatable bonds is 1. The van der Waals surface area contributed by atoms with E-state index in [0.717, 1.165) is 44.1 Å². The van der Waals surface area contributed by atoms with E-state index in [1.165, 1.54) is 0 Å².